The van der Waals surface area contributed by atoms with Crippen LogP contribution in [0.25, 0.3) is 0 Å². The molecule has 0 saturated heterocycles. The number of amides is 2. The van der Waals surface area contributed by atoms with Crippen molar-refractivity contribution in [1.29, 1.82) is 0 Å². The number of oxime groups is 1. The number of carbonyl (C=O) groups is 2. The summed E-state index contributed by atoms with van der Waals surface area (Å²) in [5.74, 6) is -0.256. The molecule has 2 aromatic carbocycles. The molecular weight excluding hydrogens is 332 g/mol. The van der Waals surface area contributed by atoms with Crippen LogP contribution in [0.4, 0.5) is 5.69 Å². The average Bonchev–Trinajstić information content (AvgIpc) is 2.62. The fourth-order valence-corrected chi connectivity index (χ4v) is 2.20. The maximum absolute atomic E-state index is 11.9. The molecule has 7 nitrogen and oxygen atoms in total. The summed E-state index contributed by atoms with van der Waals surface area (Å²) in [6.07, 6.45) is 0.442. The Morgan fingerprint density at radius 1 is 1.12 bits per heavy atom. The van der Waals surface area contributed by atoms with Gasteiger partial charge < -0.3 is 20.8 Å². The van der Waals surface area contributed by atoms with Gasteiger partial charge in [-0.1, -0.05) is 41.6 Å². The maximum Gasteiger partial charge on any atom is 0.265 e. The number of nitrogens with zero attached hydrogens (tertiary/aromatic N) is 2. The standard InChI is InChI=1S/C19H22N4O3/c1-23(2)19(25)15-9-6-10-16(12-15)21-18(24)13-26-22-17(20)11-14-7-4-3-5-8-14/h3-10,12H,11,13H2,1-2H3,(H2,20,22)(H,21,24). The molecule has 3 N–H and O–H groups in total. The minimum atomic E-state index is -0.393. The van der Waals surface area contributed by atoms with E-state index in [2.05, 4.69) is 10.5 Å². The first kappa shape index (κ1) is 19.0. The van der Waals surface area contributed by atoms with Gasteiger partial charge in [-0.2, -0.15) is 0 Å². The third-order valence-electron chi connectivity index (χ3n) is 3.40. The number of rotatable bonds is 7. The molecule has 0 saturated carbocycles. The normalized spacial score (nSPS) is 10.9. The van der Waals surface area contributed by atoms with E-state index in [9.17, 15) is 9.59 Å². The lowest BCUT2D eigenvalue weighted by Crippen LogP contribution is -2.22. The van der Waals surface area contributed by atoms with Crippen LogP contribution >= 0.6 is 0 Å². The van der Waals surface area contributed by atoms with Crippen molar-refractivity contribution in [3.63, 3.8) is 0 Å². The summed E-state index contributed by atoms with van der Waals surface area (Å²) in [5.41, 5.74) is 7.77. The van der Waals surface area contributed by atoms with Crippen LogP contribution in [-0.2, 0) is 16.1 Å². The Labute approximate surface area is 152 Å². The first-order valence-electron chi connectivity index (χ1n) is 8.05. The van der Waals surface area contributed by atoms with Gasteiger partial charge in [-0.3, -0.25) is 9.59 Å². The van der Waals surface area contributed by atoms with E-state index in [-0.39, 0.29) is 18.3 Å². The van der Waals surface area contributed by atoms with Gasteiger partial charge in [-0.15, -0.1) is 0 Å². The largest absolute Gasteiger partial charge is 0.384 e. The SMILES string of the molecule is CN(C)C(=O)c1cccc(NC(=O)CO/N=C(/N)Cc2ccccc2)c1. The number of hydrogen-bond donors (Lipinski definition) is 2. The second-order valence-electron chi connectivity index (χ2n) is 5.85. The second kappa shape index (κ2) is 9.22. The molecule has 2 rings (SSSR count). The highest BCUT2D eigenvalue weighted by Crippen LogP contribution is 2.12. The van der Waals surface area contributed by atoms with Crippen LogP contribution in [-0.4, -0.2) is 43.3 Å². The second-order valence-corrected chi connectivity index (χ2v) is 5.85. The van der Waals surface area contributed by atoms with E-state index in [1.165, 1.54) is 4.90 Å². The fraction of sp³-hybridized carbons (Fsp3) is 0.211. The minimum Gasteiger partial charge on any atom is -0.384 e. The minimum absolute atomic E-state index is 0.143. The molecule has 7 heteroatoms. The van der Waals surface area contributed by atoms with Crippen molar-refractivity contribution in [2.24, 2.45) is 10.9 Å². The number of benzene rings is 2. The number of hydrogen-bond acceptors (Lipinski definition) is 4. The monoisotopic (exact) mass is 354 g/mol. The maximum atomic E-state index is 11.9. The Morgan fingerprint density at radius 3 is 2.54 bits per heavy atom. The van der Waals surface area contributed by atoms with Crippen LogP contribution in [0.1, 0.15) is 15.9 Å². The van der Waals surface area contributed by atoms with E-state index in [0.29, 0.717) is 17.7 Å². The highest BCUT2D eigenvalue weighted by atomic mass is 16.6. The van der Waals surface area contributed by atoms with E-state index >= 15 is 0 Å². The molecule has 0 unspecified atom stereocenters. The van der Waals surface area contributed by atoms with Crippen molar-refractivity contribution in [2.45, 2.75) is 6.42 Å². The van der Waals surface area contributed by atoms with E-state index in [1.54, 1.807) is 38.4 Å². The zero-order valence-corrected chi connectivity index (χ0v) is 14.8. The molecule has 2 amide bonds. The van der Waals surface area contributed by atoms with Gasteiger partial charge in [0.05, 0.1) is 0 Å². The summed E-state index contributed by atoms with van der Waals surface area (Å²) >= 11 is 0. The van der Waals surface area contributed by atoms with Crippen molar-refractivity contribution >= 4 is 23.3 Å². The highest BCUT2D eigenvalue weighted by Gasteiger charge is 2.09. The summed E-state index contributed by atoms with van der Waals surface area (Å²) in [4.78, 5) is 30.3. The zero-order chi connectivity index (χ0) is 18.9. The van der Waals surface area contributed by atoms with Gasteiger partial charge in [0.2, 0.25) is 0 Å². The lowest BCUT2D eigenvalue weighted by atomic mass is 10.1. The smallest absolute Gasteiger partial charge is 0.265 e. The average molecular weight is 354 g/mol. The van der Waals surface area contributed by atoms with E-state index < -0.39 is 5.91 Å². The molecule has 0 fully saturated rings. The molecule has 0 bridgehead atoms. The quantitative estimate of drug-likeness (QED) is 0.450. The molecule has 0 aliphatic heterocycles. The predicted octanol–water partition coefficient (Wildman–Crippen LogP) is 1.86. The van der Waals surface area contributed by atoms with Gasteiger partial charge in [-0.05, 0) is 23.8 Å². The van der Waals surface area contributed by atoms with Crippen molar-refractivity contribution in [3.05, 3.63) is 65.7 Å². The van der Waals surface area contributed by atoms with Gasteiger partial charge in [0.25, 0.3) is 11.8 Å². The summed E-state index contributed by atoms with van der Waals surface area (Å²) < 4.78 is 0. The van der Waals surface area contributed by atoms with Crippen molar-refractivity contribution in [1.82, 2.24) is 4.90 Å². The third kappa shape index (κ3) is 5.94. The highest BCUT2D eigenvalue weighted by molar-refractivity contribution is 5.97. The molecule has 136 valence electrons. The number of nitrogens with one attached hydrogen (secondary N) is 1. The van der Waals surface area contributed by atoms with E-state index in [1.807, 2.05) is 30.3 Å². The zero-order valence-electron chi connectivity index (χ0n) is 14.8. The number of anilines is 1. The van der Waals surface area contributed by atoms with Gasteiger partial charge in [0.1, 0.15) is 5.84 Å². The summed E-state index contributed by atoms with van der Waals surface area (Å²) in [6, 6.07) is 16.3. The Kier molecular flexibility index (Phi) is 6.73. The van der Waals surface area contributed by atoms with Crippen molar-refractivity contribution < 1.29 is 14.4 Å². The molecule has 2 aromatic rings. The molecule has 0 spiro atoms. The van der Waals surface area contributed by atoms with Gasteiger partial charge in [-0.25, -0.2) is 0 Å². The number of carbonyl (C=O) groups excluding carboxylic acids is 2. The Bertz CT molecular complexity index is 788. The first-order chi connectivity index (χ1) is 12.5. The molecule has 0 radical (unpaired) electrons. The molecule has 0 aromatic heterocycles. The molecule has 0 aliphatic carbocycles. The summed E-state index contributed by atoms with van der Waals surface area (Å²) in [6.45, 7) is -0.276. The topological polar surface area (TPSA) is 97.0 Å². The predicted molar refractivity (Wildman–Crippen MR) is 101 cm³/mol. The fourth-order valence-electron chi connectivity index (χ4n) is 2.20. The summed E-state index contributed by atoms with van der Waals surface area (Å²) in [5, 5.41) is 6.40. The molecule has 0 aliphatic rings. The van der Waals surface area contributed by atoms with Crippen LogP contribution < -0.4 is 11.1 Å². The molecule has 0 heterocycles. The Balaban J connectivity index is 1.84. The van der Waals surface area contributed by atoms with Crippen LogP contribution in [0.3, 0.4) is 0 Å². The Morgan fingerprint density at radius 2 is 1.85 bits per heavy atom. The van der Waals surface area contributed by atoms with Crippen molar-refractivity contribution in [3.8, 4) is 0 Å². The number of nitrogens with two attached hydrogens (primary N) is 1. The molecule has 0 atom stereocenters. The van der Waals surface area contributed by atoms with E-state index in [0.717, 1.165) is 5.56 Å². The van der Waals surface area contributed by atoms with Crippen LogP contribution in [0, 0.1) is 0 Å². The van der Waals surface area contributed by atoms with E-state index in [4.69, 9.17) is 10.6 Å². The Hall–Kier alpha value is -3.35. The van der Waals surface area contributed by atoms with Crippen LogP contribution in [0.15, 0.2) is 59.8 Å². The van der Waals surface area contributed by atoms with Gasteiger partial charge >= 0.3 is 0 Å². The van der Waals surface area contributed by atoms with Crippen molar-refractivity contribution in [2.75, 3.05) is 26.0 Å². The lowest BCUT2D eigenvalue weighted by molar-refractivity contribution is -0.120. The van der Waals surface area contributed by atoms with Gasteiger partial charge in [0.15, 0.2) is 6.61 Å². The van der Waals surface area contributed by atoms with Gasteiger partial charge in [0, 0.05) is 31.8 Å². The first-order valence-corrected chi connectivity index (χ1v) is 8.05. The summed E-state index contributed by atoms with van der Waals surface area (Å²) in [7, 11) is 3.33. The lowest BCUT2D eigenvalue weighted by Gasteiger charge is -2.11. The van der Waals surface area contributed by atoms with Crippen LogP contribution in [0.2, 0.25) is 0 Å². The number of amidine groups is 1. The third-order valence-corrected chi connectivity index (χ3v) is 3.40. The van der Waals surface area contributed by atoms with Crippen LogP contribution in [0.5, 0.6) is 0 Å². The molecular formula is C19H22N4O3. The molecule has 26 heavy (non-hydrogen) atoms.